The molecule has 6 heteroatoms. The van der Waals surface area contributed by atoms with E-state index in [1.54, 1.807) is 0 Å². The number of hydrogen-bond acceptors (Lipinski definition) is 4. The Labute approximate surface area is 129 Å². The molecule has 1 amide bonds. The summed E-state index contributed by atoms with van der Waals surface area (Å²) in [6, 6.07) is 5.66. The van der Waals surface area contributed by atoms with Crippen LogP contribution in [0.5, 0.6) is 0 Å². The number of carbonyl (C=O) groups is 1. The second kappa shape index (κ2) is 6.06. The van der Waals surface area contributed by atoms with Gasteiger partial charge >= 0.3 is 0 Å². The third-order valence-electron chi connectivity index (χ3n) is 4.32. The van der Waals surface area contributed by atoms with Crippen molar-refractivity contribution in [2.75, 3.05) is 19.6 Å². The molecule has 2 aromatic rings. The van der Waals surface area contributed by atoms with Crippen LogP contribution in [0.15, 0.2) is 18.2 Å². The van der Waals surface area contributed by atoms with Crippen molar-refractivity contribution in [1.29, 1.82) is 0 Å². The van der Waals surface area contributed by atoms with E-state index >= 15 is 0 Å². The van der Waals surface area contributed by atoms with Gasteiger partial charge in [0.05, 0.1) is 16.6 Å². The van der Waals surface area contributed by atoms with E-state index in [0.29, 0.717) is 18.7 Å². The Morgan fingerprint density at radius 2 is 2.36 bits per heavy atom. The number of nitrogens with zero attached hydrogens (tertiary/aromatic N) is 1. The standard InChI is InChI=1S/C16H23N5O/c1-16(7-3-10-19-16)15-20-12-6-2-5-11(13(12)21-15)14(22)18-9-4-8-17/h2,5-6,19H,3-4,7-10,17H2,1H3,(H,18,22)(H,20,21)/t16-/m0/s1. The molecule has 22 heavy (non-hydrogen) atoms. The minimum Gasteiger partial charge on any atom is -0.352 e. The molecule has 1 aliphatic rings. The highest BCUT2D eigenvalue weighted by Crippen LogP contribution is 2.30. The molecule has 1 aromatic heterocycles. The van der Waals surface area contributed by atoms with Crippen LogP contribution in [0, 0.1) is 0 Å². The molecule has 0 aliphatic carbocycles. The number of aromatic amines is 1. The van der Waals surface area contributed by atoms with Gasteiger partial charge in [0.15, 0.2) is 0 Å². The number of amides is 1. The number of carbonyl (C=O) groups excluding carboxylic acids is 1. The van der Waals surface area contributed by atoms with Crippen LogP contribution >= 0.6 is 0 Å². The number of rotatable bonds is 5. The van der Waals surface area contributed by atoms with Crippen molar-refractivity contribution in [3.8, 4) is 0 Å². The van der Waals surface area contributed by atoms with Gasteiger partial charge in [-0.25, -0.2) is 4.98 Å². The van der Waals surface area contributed by atoms with Gasteiger partial charge in [-0.3, -0.25) is 4.79 Å². The van der Waals surface area contributed by atoms with Crippen LogP contribution in [-0.4, -0.2) is 35.5 Å². The molecule has 0 radical (unpaired) electrons. The second-order valence-electron chi connectivity index (χ2n) is 6.05. The Balaban J connectivity index is 1.91. The molecule has 3 rings (SSSR count). The van der Waals surface area contributed by atoms with E-state index in [1.165, 1.54) is 0 Å². The summed E-state index contributed by atoms with van der Waals surface area (Å²) in [4.78, 5) is 20.4. The van der Waals surface area contributed by atoms with Crippen LogP contribution in [-0.2, 0) is 5.54 Å². The molecule has 1 aliphatic heterocycles. The van der Waals surface area contributed by atoms with E-state index < -0.39 is 0 Å². The average molecular weight is 301 g/mol. The largest absolute Gasteiger partial charge is 0.352 e. The molecule has 0 spiro atoms. The highest BCUT2D eigenvalue weighted by molar-refractivity contribution is 6.04. The molecule has 5 N–H and O–H groups in total. The number of nitrogens with one attached hydrogen (secondary N) is 3. The van der Waals surface area contributed by atoms with Crippen molar-refractivity contribution in [3.05, 3.63) is 29.6 Å². The van der Waals surface area contributed by atoms with Crippen molar-refractivity contribution in [1.82, 2.24) is 20.6 Å². The number of para-hydroxylation sites is 1. The molecule has 1 aromatic carbocycles. The zero-order valence-corrected chi connectivity index (χ0v) is 12.9. The molecule has 1 atom stereocenters. The number of benzene rings is 1. The van der Waals surface area contributed by atoms with Gasteiger partial charge < -0.3 is 21.4 Å². The first-order valence-corrected chi connectivity index (χ1v) is 7.86. The quantitative estimate of drug-likeness (QED) is 0.625. The lowest BCUT2D eigenvalue weighted by Gasteiger charge is -2.21. The van der Waals surface area contributed by atoms with Gasteiger partial charge in [-0.05, 0) is 51.4 Å². The van der Waals surface area contributed by atoms with Crippen LogP contribution in [0.2, 0.25) is 0 Å². The highest BCUT2D eigenvalue weighted by atomic mass is 16.1. The predicted octanol–water partition coefficient (Wildman–Crippen LogP) is 1.24. The summed E-state index contributed by atoms with van der Waals surface area (Å²) in [5.41, 5.74) is 7.57. The summed E-state index contributed by atoms with van der Waals surface area (Å²) in [6.07, 6.45) is 2.96. The predicted molar refractivity (Wildman–Crippen MR) is 86.7 cm³/mol. The number of aromatic nitrogens is 2. The van der Waals surface area contributed by atoms with E-state index in [-0.39, 0.29) is 11.4 Å². The number of hydrogen-bond donors (Lipinski definition) is 4. The van der Waals surface area contributed by atoms with Crippen LogP contribution in [0.4, 0.5) is 0 Å². The summed E-state index contributed by atoms with van der Waals surface area (Å²) < 4.78 is 0. The molecular weight excluding hydrogens is 278 g/mol. The molecule has 118 valence electrons. The fourth-order valence-corrected chi connectivity index (χ4v) is 2.97. The number of nitrogens with two attached hydrogens (primary N) is 1. The number of fused-ring (bicyclic) bond motifs is 1. The van der Waals surface area contributed by atoms with Crippen LogP contribution in [0.25, 0.3) is 11.0 Å². The minimum absolute atomic E-state index is 0.0957. The van der Waals surface area contributed by atoms with Crippen molar-refractivity contribution in [3.63, 3.8) is 0 Å². The van der Waals surface area contributed by atoms with E-state index in [2.05, 4.69) is 22.5 Å². The maximum Gasteiger partial charge on any atom is 0.253 e. The summed E-state index contributed by atoms with van der Waals surface area (Å²) >= 11 is 0. The number of imidazole rings is 1. The lowest BCUT2D eigenvalue weighted by Crippen LogP contribution is -2.34. The monoisotopic (exact) mass is 301 g/mol. The summed E-state index contributed by atoms with van der Waals surface area (Å²) in [5, 5.41) is 6.38. The zero-order chi connectivity index (χ0) is 15.6. The molecule has 6 nitrogen and oxygen atoms in total. The molecule has 0 unspecified atom stereocenters. The lowest BCUT2D eigenvalue weighted by atomic mass is 10.00. The van der Waals surface area contributed by atoms with Gasteiger partial charge in [0.1, 0.15) is 11.3 Å². The van der Waals surface area contributed by atoms with E-state index in [0.717, 1.165) is 42.7 Å². The summed E-state index contributed by atoms with van der Waals surface area (Å²) in [5.74, 6) is 0.809. The maximum atomic E-state index is 12.3. The zero-order valence-electron chi connectivity index (χ0n) is 12.9. The topological polar surface area (TPSA) is 95.8 Å². The third-order valence-corrected chi connectivity index (χ3v) is 4.32. The van der Waals surface area contributed by atoms with Gasteiger partial charge in [0.2, 0.25) is 0 Å². The Bertz CT molecular complexity index is 672. The van der Waals surface area contributed by atoms with Gasteiger partial charge in [-0.1, -0.05) is 6.07 Å². The van der Waals surface area contributed by atoms with Crippen LogP contribution in [0.1, 0.15) is 42.4 Å². The van der Waals surface area contributed by atoms with Crippen molar-refractivity contribution < 1.29 is 4.79 Å². The van der Waals surface area contributed by atoms with Crippen LogP contribution in [0.3, 0.4) is 0 Å². The van der Waals surface area contributed by atoms with Gasteiger partial charge in [-0.2, -0.15) is 0 Å². The van der Waals surface area contributed by atoms with Crippen molar-refractivity contribution in [2.45, 2.75) is 31.7 Å². The van der Waals surface area contributed by atoms with Crippen molar-refractivity contribution >= 4 is 16.9 Å². The smallest absolute Gasteiger partial charge is 0.253 e. The number of H-pyrrole nitrogens is 1. The third kappa shape index (κ3) is 2.71. The molecule has 1 saturated heterocycles. The molecule has 1 fully saturated rings. The fourth-order valence-electron chi connectivity index (χ4n) is 2.97. The minimum atomic E-state index is -0.133. The van der Waals surface area contributed by atoms with E-state index in [1.807, 2.05) is 18.2 Å². The Morgan fingerprint density at radius 3 is 3.09 bits per heavy atom. The Kier molecular flexibility index (Phi) is 4.13. The van der Waals surface area contributed by atoms with E-state index in [4.69, 9.17) is 10.7 Å². The van der Waals surface area contributed by atoms with Crippen molar-refractivity contribution in [2.24, 2.45) is 5.73 Å². The van der Waals surface area contributed by atoms with Gasteiger partial charge in [0.25, 0.3) is 5.91 Å². The SMILES string of the molecule is C[C@@]1(c2nc3c(C(=O)NCCCN)cccc3[nH]2)CCCN1. The van der Waals surface area contributed by atoms with Crippen LogP contribution < -0.4 is 16.4 Å². The first-order valence-electron chi connectivity index (χ1n) is 7.86. The fraction of sp³-hybridized carbons (Fsp3) is 0.500. The maximum absolute atomic E-state index is 12.3. The Hall–Kier alpha value is -1.92. The first kappa shape index (κ1) is 15.0. The lowest BCUT2D eigenvalue weighted by molar-refractivity contribution is 0.0955. The summed E-state index contributed by atoms with van der Waals surface area (Å²) in [6.45, 7) is 4.31. The summed E-state index contributed by atoms with van der Waals surface area (Å²) in [7, 11) is 0. The van der Waals surface area contributed by atoms with Gasteiger partial charge in [-0.15, -0.1) is 0 Å². The first-order chi connectivity index (χ1) is 10.6. The van der Waals surface area contributed by atoms with Gasteiger partial charge in [0, 0.05) is 6.54 Å². The highest BCUT2D eigenvalue weighted by Gasteiger charge is 2.33. The van der Waals surface area contributed by atoms with E-state index in [9.17, 15) is 4.79 Å². The Morgan fingerprint density at radius 1 is 1.50 bits per heavy atom. The molecule has 2 heterocycles. The molecule has 0 saturated carbocycles. The average Bonchev–Trinajstić information content (AvgIpc) is 3.14. The second-order valence-corrected chi connectivity index (χ2v) is 6.05. The normalized spacial score (nSPS) is 21.4. The molecule has 0 bridgehead atoms. The molecular formula is C16H23N5O.